The van der Waals surface area contributed by atoms with E-state index in [9.17, 15) is 4.79 Å². The van der Waals surface area contributed by atoms with Crippen LogP contribution in [0.25, 0.3) is 0 Å². The maximum Gasteiger partial charge on any atom is 0.411 e. The molecule has 1 amide bonds. The molecule has 5 heterocycles. The lowest BCUT2D eigenvalue weighted by Crippen LogP contribution is -2.59. The molecule has 6 atom stereocenters. The summed E-state index contributed by atoms with van der Waals surface area (Å²) in [5, 5.41) is 0.633. The first-order valence-corrected chi connectivity index (χ1v) is 16.7. The van der Waals surface area contributed by atoms with Crippen LogP contribution < -0.4 is 0 Å². The van der Waals surface area contributed by atoms with Crippen LogP contribution in [0.4, 0.5) is 4.79 Å². The highest BCUT2D eigenvalue weighted by molar-refractivity contribution is 8.01. The van der Waals surface area contributed by atoms with Gasteiger partial charge in [-0.1, -0.05) is 18.0 Å². The number of amides is 1. The van der Waals surface area contributed by atoms with Crippen LogP contribution in [0.2, 0.25) is 5.02 Å². The highest BCUT2D eigenvalue weighted by Crippen LogP contribution is 2.57. The number of morpholine rings is 1. The van der Waals surface area contributed by atoms with Gasteiger partial charge < -0.3 is 19.3 Å². The molecule has 0 N–H and O–H groups in total. The molecule has 0 aromatic heterocycles. The first-order chi connectivity index (χ1) is 18.5. The van der Waals surface area contributed by atoms with E-state index in [1.165, 1.54) is 32.4 Å². The average molecular weight is 560 g/mol. The van der Waals surface area contributed by atoms with Gasteiger partial charge in [0.05, 0.1) is 33.8 Å². The Morgan fingerprint density at radius 2 is 1.68 bits per heavy atom. The number of nitrogens with zero attached hydrogens (tertiary/aromatic N) is 3. The number of piperidine rings is 2. The van der Waals surface area contributed by atoms with Gasteiger partial charge in [0, 0.05) is 40.5 Å². The largest absolute Gasteiger partial charge is 0.435 e. The molecular weight excluding hydrogens is 522 g/mol. The molecule has 2 aliphatic carbocycles. The second-order valence-corrected chi connectivity index (χ2v) is 15.5. The lowest BCUT2D eigenvalue weighted by atomic mass is 9.94. The standard InChI is InChI=1S/C29H38ClN3O4S/c30-20-6-10-24(11-7-20)38(35)27-16-29(27,26-18-36-17-25(33(26)38)19-4-5-19)37-28(34)32-21-8-9-22(32)15-23(14-21)31-12-2-1-3-13-31/h6-7,10-11,19,21-23,25-26H,1-5,8-9,12-18H2/t21?,22?,23?,25-,26+,29?,38?/m0/s1. The second-order valence-electron chi connectivity index (χ2n) is 12.7. The zero-order valence-corrected chi connectivity index (χ0v) is 23.5. The molecule has 1 aromatic carbocycles. The van der Waals surface area contributed by atoms with Crippen LogP contribution in [0.3, 0.4) is 0 Å². The molecule has 1 aromatic rings. The smallest absolute Gasteiger partial charge is 0.411 e. The number of carbonyl (C=O) groups excluding carboxylic acids is 1. The molecule has 5 aliphatic heterocycles. The molecular formula is C29H38ClN3O4S. The number of ether oxygens (including phenoxy) is 2. The number of likely N-dealkylation sites (tertiary alicyclic amines) is 1. The number of halogens is 1. The van der Waals surface area contributed by atoms with Crippen molar-refractivity contribution in [2.75, 3.05) is 26.3 Å². The number of rotatable bonds is 4. The van der Waals surface area contributed by atoms with Crippen LogP contribution in [0.15, 0.2) is 29.2 Å². The summed E-state index contributed by atoms with van der Waals surface area (Å²) in [6.07, 6.45) is 10.8. The normalized spacial score (nSPS) is 42.6. The third kappa shape index (κ3) is 3.59. The average Bonchev–Trinajstić information content (AvgIpc) is 3.86. The molecule has 0 radical (unpaired) electrons. The third-order valence-electron chi connectivity index (χ3n) is 10.5. The Morgan fingerprint density at radius 1 is 0.974 bits per heavy atom. The van der Waals surface area contributed by atoms with E-state index >= 15 is 4.21 Å². The zero-order valence-electron chi connectivity index (χ0n) is 21.9. The Bertz CT molecular complexity index is 1240. The van der Waals surface area contributed by atoms with Crippen LogP contribution in [-0.4, -0.2) is 91.4 Å². The van der Waals surface area contributed by atoms with Crippen molar-refractivity contribution in [1.29, 1.82) is 0 Å². The van der Waals surface area contributed by atoms with Gasteiger partial charge in [-0.05, 0) is 94.6 Å². The summed E-state index contributed by atoms with van der Waals surface area (Å²) in [4.78, 5) is 20.3. The summed E-state index contributed by atoms with van der Waals surface area (Å²) in [7, 11) is -2.67. The van der Waals surface area contributed by atoms with Gasteiger partial charge >= 0.3 is 6.09 Å². The van der Waals surface area contributed by atoms with E-state index in [-0.39, 0.29) is 30.3 Å². The Hall–Kier alpha value is -1.32. The van der Waals surface area contributed by atoms with E-state index in [4.69, 9.17) is 21.1 Å². The predicted octanol–water partition coefficient (Wildman–Crippen LogP) is 4.32. The van der Waals surface area contributed by atoms with Crippen molar-refractivity contribution in [2.24, 2.45) is 5.92 Å². The topological polar surface area (TPSA) is 62.3 Å². The molecule has 206 valence electrons. The summed E-state index contributed by atoms with van der Waals surface area (Å²) in [6.45, 7) is 3.45. The fraction of sp³-hybridized carbons (Fsp3) is 0.724. The van der Waals surface area contributed by atoms with Crippen LogP contribution in [0.5, 0.6) is 0 Å². The van der Waals surface area contributed by atoms with Crippen molar-refractivity contribution in [1.82, 2.24) is 14.1 Å². The van der Waals surface area contributed by atoms with Gasteiger partial charge in [-0.15, -0.1) is 0 Å². The number of hydrogen-bond donors (Lipinski definition) is 0. The molecule has 7 aliphatic rings. The SMILES string of the molecule is O=C(OC12CC1=S(=O)(c1ccc(Cl)cc1)N1[C@H](C3CC3)COC[C@@H]12)N1C2CCC1CC(N1CCCCC1)C2. The number of hydrogen-bond acceptors (Lipinski definition) is 5. The molecule has 6 fully saturated rings. The number of fused-ring (bicyclic) bond motifs is 5. The molecule has 38 heavy (non-hydrogen) atoms. The second kappa shape index (κ2) is 8.84. The van der Waals surface area contributed by atoms with Crippen molar-refractivity contribution in [3.63, 3.8) is 0 Å². The predicted molar refractivity (Wildman–Crippen MR) is 147 cm³/mol. The first kappa shape index (κ1) is 24.5. The molecule has 7 nitrogen and oxygen atoms in total. The summed E-state index contributed by atoms with van der Waals surface area (Å²) in [5.41, 5.74) is -0.801. The van der Waals surface area contributed by atoms with Crippen molar-refractivity contribution < 1.29 is 18.5 Å². The van der Waals surface area contributed by atoms with E-state index in [1.54, 1.807) is 0 Å². The van der Waals surface area contributed by atoms with E-state index in [2.05, 4.69) is 14.1 Å². The van der Waals surface area contributed by atoms with Crippen molar-refractivity contribution in [2.45, 2.75) is 105 Å². The lowest BCUT2D eigenvalue weighted by molar-refractivity contribution is -0.0669. The monoisotopic (exact) mass is 559 g/mol. The summed E-state index contributed by atoms with van der Waals surface area (Å²) in [6, 6.07) is 8.46. The molecule has 9 heteroatoms. The maximum absolute atomic E-state index is 15.1. The first-order valence-electron chi connectivity index (χ1n) is 14.8. The fourth-order valence-electron chi connectivity index (χ4n) is 8.45. The molecule has 8 rings (SSSR count). The van der Waals surface area contributed by atoms with Crippen molar-refractivity contribution >= 4 is 32.3 Å². The van der Waals surface area contributed by atoms with E-state index in [1.807, 2.05) is 24.3 Å². The lowest BCUT2D eigenvalue weighted by Gasteiger charge is -2.45. The Labute approximate surface area is 230 Å². The minimum absolute atomic E-state index is 0.101. The van der Waals surface area contributed by atoms with Gasteiger partial charge in [0.1, 0.15) is 0 Å². The van der Waals surface area contributed by atoms with Crippen LogP contribution in [-0.2, 0) is 19.2 Å². The summed E-state index contributed by atoms with van der Waals surface area (Å²) in [5.74, 6) is 0.501. The Balaban J connectivity index is 1.09. The molecule has 4 unspecified atom stereocenters. The zero-order chi connectivity index (χ0) is 25.6. The van der Waals surface area contributed by atoms with Crippen LogP contribution in [0, 0.1) is 5.92 Å². The number of carbonyl (C=O) groups is 1. The fourth-order valence-corrected chi connectivity index (χ4v) is 12.1. The van der Waals surface area contributed by atoms with E-state index in [0.29, 0.717) is 36.6 Å². The highest BCUT2D eigenvalue weighted by Gasteiger charge is 2.73. The van der Waals surface area contributed by atoms with Gasteiger partial charge in [0.25, 0.3) is 0 Å². The quantitative estimate of drug-likeness (QED) is 0.514. The maximum atomic E-state index is 15.1. The highest BCUT2D eigenvalue weighted by atomic mass is 35.5. The minimum Gasteiger partial charge on any atom is -0.435 e. The minimum atomic E-state index is -2.67. The molecule has 2 bridgehead atoms. The van der Waals surface area contributed by atoms with Gasteiger partial charge in [-0.2, -0.15) is 0 Å². The molecule has 2 saturated carbocycles. The Kier molecular flexibility index (Phi) is 5.69. The van der Waals surface area contributed by atoms with Crippen LogP contribution >= 0.6 is 11.6 Å². The van der Waals surface area contributed by atoms with Crippen LogP contribution in [0.1, 0.15) is 64.2 Å². The van der Waals surface area contributed by atoms with Gasteiger partial charge in [0.15, 0.2) is 5.60 Å². The van der Waals surface area contributed by atoms with E-state index in [0.717, 1.165) is 48.3 Å². The number of benzene rings is 1. The molecule has 0 spiro atoms. The van der Waals surface area contributed by atoms with Gasteiger partial charge in [0.2, 0.25) is 0 Å². The van der Waals surface area contributed by atoms with Gasteiger partial charge in [-0.25, -0.2) is 13.3 Å². The third-order valence-corrected chi connectivity index (χ3v) is 14.0. The van der Waals surface area contributed by atoms with Crippen molar-refractivity contribution in [3.05, 3.63) is 29.3 Å². The summed E-state index contributed by atoms with van der Waals surface area (Å²) < 4.78 is 30.0. The summed E-state index contributed by atoms with van der Waals surface area (Å²) >= 11 is 6.20. The van der Waals surface area contributed by atoms with Crippen molar-refractivity contribution in [3.8, 4) is 0 Å². The van der Waals surface area contributed by atoms with Gasteiger partial charge in [-0.3, -0.25) is 0 Å². The van der Waals surface area contributed by atoms with E-state index < -0.39 is 15.3 Å². The molecule has 4 saturated heterocycles. The Morgan fingerprint density at radius 3 is 2.37 bits per heavy atom.